The van der Waals surface area contributed by atoms with E-state index < -0.39 is 23.0 Å². The lowest BCUT2D eigenvalue weighted by atomic mass is 10.0. The minimum atomic E-state index is -0.799. The molecule has 1 unspecified atom stereocenters. The topological polar surface area (TPSA) is 64.6 Å². The summed E-state index contributed by atoms with van der Waals surface area (Å²) in [4.78, 5) is 14.6. The minimum absolute atomic E-state index is 0.335. The molecule has 1 aliphatic heterocycles. The van der Waals surface area contributed by atoms with Crippen LogP contribution < -0.4 is 0 Å². The van der Waals surface area contributed by atoms with Crippen molar-refractivity contribution in [3.63, 3.8) is 0 Å². The Labute approximate surface area is 164 Å². The van der Waals surface area contributed by atoms with E-state index in [9.17, 15) is 4.79 Å². The van der Waals surface area contributed by atoms with Crippen LogP contribution in [0.3, 0.4) is 0 Å². The zero-order chi connectivity index (χ0) is 20.0. The van der Waals surface area contributed by atoms with Gasteiger partial charge in [0.1, 0.15) is 26.9 Å². The number of rotatable bonds is 2. The van der Waals surface area contributed by atoms with Crippen molar-refractivity contribution < 1.29 is 14.3 Å². The van der Waals surface area contributed by atoms with Crippen molar-refractivity contribution in [2.75, 3.05) is 6.61 Å². The largest absolute Gasteiger partial charge is 0.444 e. The number of carbonyl (C=O) groups is 1. The van der Waals surface area contributed by atoms with Gasteiger partial charge in [0, 0.05) is 5.56 Å². The number of ether oxygens (including phenoxy) is 2. The summed E-state index contributed by atoms with van der Waals surface area (Å²) >= 11 is 1.48. The first-order chi connectivity index (χ1) is 12.4. The SMILES string of the molecule is Cc1ccc(-c2nnc(C3(C)COC(C)(C)N3C(=O)OC(C)(C)C)s2)cc1. The molecule has 1 saturated heterocycles. The maximum Gasteiger partial charge on any atom is 0.413 e. The van der Waals surface area contributed by atoms with Crippen LogP contribution in [0.25, 0.3) is 10.6 Å². The fourth-order valence-electron chi connectivity index (χ4n) is 3.18. The highest BCUT2D eigenvalue weighted by molar-refractivity contribution is 7.14. The lowest BCUT2D eigenvalue weighted by molar-refractivity contribution is -0.0685. The van der Waals surface area contributed by atoms with Gasteiger partial charge in [-0.25, -0.2) is 4.79 Å². The Morgan fingerprint density at radius 1 is 1.19 bits per heavy atom. The van der Waals surface area contributed by atoms with Crippen LogP contribution in [0.2, 0.25) is 0 Å². The Bertz CT molecular complexity index is 839. The fraction of sp³-hybridized carbons (Fsp3) is 0.550. The second-order valence-corrected chi connectivity index (χ2v) is 9.58. The summed E-state index contributed by atoms with van der Waals surface area (Å²) in [5.74, 6) is 0. The van der Waals surface area contributed by atoms with Gasteiger partial charge in [-0.05, 0) is 48.5 Å². The Kier molecular flexibility index (Phi) is 4.80. The molecule has 1 aromatic carbocycles. The molecule has 1 aromatic heterocycles. The third-order valence-corrected chi connectivity index (χ3v) is 5.72. The van der Waals surface area contributed by atoms with Crippen LogP contribution in [0.1, 0.15) is 52.1 Å². The molecule has 0 spiro atoms. The Balaban J connectivity index is 1.96. The number of aryl methyl sites for hydroxylation is 1. The number of amides is 1. The van der Waals surface area contributed by atoms with Crippen molar-refractivity contribution in [3.8, 4) is 10.6 Å². The maximum absolute atomic E-state index is 13.0. The van der Waals surface area contributed by atoms with E-state index in [4.69, 9.17) is 9.47 Å². The second kappa shape index (κ2) is 6.56. The summed E-state index contributed by atoms with van der Waals surface area (Å²) in [5.41, 5.74) is 0.0665. The highest BCUT2D eigenvalue weighted by Crippen LogP contribution is 2.44. The Morgan fingerprint density at radius 3 is 2.41 bits per heavy atom. The normalized spacial score (nSPS) is 22.1. The Morgan fingerprint density at radius 2 is 1.81 bits per heavy atom. The zero-order valence-electron chi connectivity index (χ0n) is 17.0. The Hall–Kier alpha value is -1.99. The first-order valence-corrected chi connectivity index (χ1v) is 9.82. The molecule has 0 saturated carbocycles. The van der Waals surface area contributed by atoms with Crippen molar-refractivity contribution in [1.82, 2.24) is 15.1 Å². The highest BCUT2D eigenvalue weighted by Gasteiger charge is 2.55. The lowest BCUT2D eigenvalue weighted by Crippen LogP contribution is -2.54. The van der Waals surface area contributed by atoms with Crippen molar-refractivity contribution in [1.29, 1.82) is 0 Å². The third-order valence-electron chi connectivity index (χ3n) is 4.50. The average Bonchev–Trinajstić information content (AvgIpc) is 3.10. The van der Waals surface area contributed by atoms with E-state index in [0.29, 0.717) is 6.61 Å². The van der Waals surface area contributed by atoms with Gasteiger partial charge in [0.2, 0.25) is 0 Å². The van der Waals surface area contributed by atoms with Crippen LogP contribution in [0.4, 0.5) is 4.79 Å². The van der Waals surface area contributed by atoms with Gasteiger partial charge < -0.3 is 9.47 Å². The fourth-order valence-corrected chi connectivity index (χ4v) is 4.15. The van der Waals surface area contributed by atoms with Gasteiger partial charge in [-0.15, -0.1) is 10.2 Å². The molecule has 1 fully saturated rings. The van der Waals surface area contributed by atoms with E-state index in [2.05, 4.69) is 10.2 Å². The zero-order valence-corrected chi connectivity index (χ0v) is 17.8. The molecule has 0 radical (unpaired) electrons. The number of hydrogen-bond acceptors (Lipinski definition) is 6. The molecular formula is C20H27N3O3S. The van der Waals surface area contributed by atoms with Crippen LogP contribution in [-0.2, 0) is 15.0 Å². The summed E-state index contributed by atoms with van der Waals surface area (Å²) in [6.07, 6.45) is -0.417. The molecule has 1 atom stereocenters. The molecule has 2 heterocycles. The van der Waals surface area contributed by atoms with E-state index in [1.165, 1.54) is 16.9 Å². The molecule has 7 heteroatoms. The van der Waals surface area contributed by atoms with Gasteiger partial charge >= 0.3 is 6.09 Å². The molecule has 1 aliphatic rings. The lowest BCUT2D eigenvalue weighted by Gasteiger charge is -2.39. The summed E-state index contributed by atoms with van der Waals surface area (Å²) in [6, 6.07) is 8.16. The molecule has 146 valence electrons. The molecule has 6 nitrogen and oxygen atoms in total. The van der Waals surface area contributed by atoms with Gasteiger partial charge in [0.05, 0.1) is 6.61 Å². The second-order valence-electron chi connectivity index (χ2n) is 8.60. The summed E-state index contributed by atoms with van der Waals surface area (Å²) in [7, 11) is 0. The van der Waals surface area contributed by atoms with E-state index in [0.717, 1.165) is 15.6 Å². The average molecular weight is 390 g/mol. The summed E-state index contributed by atoms with van der Waals surface area (Å²) in [6.45, 7) is 13.6. The predicted molar refractivity (Wildman–Crippen MR) is 106 cm³/mol. The molecule has 2 aromatic rings. The first-order valence-electron chi connectivity index (χ1n) is 9.01. The summed E-state index contributed by atoms with van der Waals surface area (Å²) < 4.78 is 11.6. The van der Waals surface area contributed by atoms with Crippen LogP contribution in [-0.4, -0.2) is 39.1 Å². The quantitative estimate of drug-likeness (QED) is 0.743. The van der Waals surface area contributed by atoms with Gasteiger partial charge in [-0.1, -0.05) is 41.2 Å². The van der Waals surface area contributed by atoms with Crippen LogP contribution in [0, 0.1) is 6.92 Å². The monoisotopic (exact) mass is 389 g/mol. The van der Waals surface area contributed by atoms with E-state index in [-0.39, 0.29) is 0 Å². The number of benzene rings is 1. The minimum Gasteiger partial charge on any atom is -0.444 e. The van der Waals surface area contributed by atoms with E-state index in [1.807, 2.05) is 72.7 Å². The number of hydrogen-bond donors (Lipinski definition) is 0. The van der Waals surface area contributed by atoms with Gasteiger partial charge in [0.15, 0.2) is 0 Å². The smallest absolute Gasteiger partial charge is 0.413 e. The molecule has 0 N–H and O–H groups in total. The molecule has 0 bridgehead atoms. The third kappa shape index (κ3) is 3.84. The maximum atomic E-state index is 13.0. The summed E-state index contributed by atoms with van der Waals surface area (Å²) in [5, 5.41) is 10.3. The van der Waals surface area contributed by atoms with Gasteiger partial charge in [0.25, 0.3) is 0 Å². The van der Waals surface area contributed by atoms with Crippen LogP contribution >= 0.6 is 11.3 Å². The van der Waals surface area contributed by atoms with E-state index >= 15 is 0 Å². The highest BCUT2D eigenvalue weighted by atomic mass is 32.1. The van der Waals surface area contributed by atoms with Crippen molar-refractivity contribution in [2.24, 2.45) is 0 Å². The molecule has 27 heavy (non-hydrogen) atoms. The van der Waals surface area contributed by atoms with Crippen LogP contribution in [0.5, 0.6) is 0 Å². The molecule has 1 amide bonds. The molecule has 3 rings (SSSR count). The first kappa shape index (κ1) is 19.8. The van der Waals surface area contributed by atoms with Crippen molar-refractivity contribution >= 4 is 17.4 Å². The number of nitrogens with zero attached hydrogens (tertiary/aromatic N) is 3. The number of aromatic nitrogens is 2. The van der Waals surface area contributed by atoms with Gasteiger partial charge in [-0.3, -0.25) is 4.90 Å². The van der Waals surface area contributed by atoms with Crippen LogP contribution in [0.15, 0.2) is 24.3 Å². The van der Waals surface area contributed by atoms with Crippen molar-refractivity contribution in [3.05, 3.63) is 34.8 Å². The predicted octanol–water partition coefficient (Wildman–Crippen LogP) is 4.73. The van der Waals surface area contributed by atoms with E-state index in [1.54, 1.807) is 4.90 Å². The standard InChI is InChI=1S/C20H27N3O3S/c1-13-8-10-14(11-9-13)15-21-22-16(27-15)20(7)12-25-19(5,6)23(20)17(24)26-18(2,3)4/h8-11H,12H2,1-7H3. The number of carbonyl (C=O) groups excluding carboxylic acids is 1. The molecular weight excluding hydrogens is 362 g/mol. The van der Waals surface area contributed by atoms with Gasteiger partial charge in [-0.2, -0.15) is 0 Å². The molecule has 0 aliphatic carbocycles. The van der Waals surface area contributed by atoms with Crippen molar-refractivity contribution in [2.45, 2.75) is 65.3 Å².